The summed E-state index contributed by atoms with van der Waals surface area (Å²) in [5.74, 6) is 2.39. The van der Waals surface area contributed by atoms with E-state index in [4.69, 9.17) is 4.74 Å². The van der Waals surface area contributed by atoms with Crippen LogP contribution in [0.2, 0.25) is 0 Å². The first-order valence-electron chi connectivity index (χ1n) is 10.4. The summed E-state index contributed by atoms with van der Waals surface area (Å²) in [6, 6.07) is 22.9. The summed E-state index contributed by atoms with van der Waals surface area (Å²) in [6.07, 6.45) is 3.53. The number of aromatic nitrogens is 3. The molecule has 0 spiro atoms. The molecule has 2 aromatic heterocycles. The number of hydrogen-bond acceptors (Lipinski definition) is 5. The molecule has 0 saturated carbocycles. The normalized spacial score (nSPS) is 14.5. The Morgan fingerprint density at radius 1 is 0.871 bits per heavy atom. The molecule has 5 rings (SSSR count). The first kappa shape index (κ1) is 19.1. The Balaban J connectivity index is 1.16. The molecule has 0 atom stereocenters. The van der Waals surface area contributed by atoms with Gasteiger partial charge >= 0.3 is 0 Å². The highest BCUT2D eigenvalue weighted by Gasteiger charge is 2.27. The van der Waals surface area contributed by atoms with Crippen LogP contribution in [0.25, 0.3) is 5.65 Å². The minimum Gasteiger partial charge on any atom is -0.457 e. The van der Waals surface area contributed by atoms with Gasteiger partial charge in [-0.1, -0.05) is 24.3 Å². The van der Waals surface area contributed by atoms with E-state index >= 15 is 0 Å². The molecule has 1 aliphatic rings. The molecule has 0 bridgehead atoms. The number of hydrogen-bond donors (Lipinski definition) is 1. The minimum atomic E-state index is -0.0179. The summed E-state index contributed by atoms with van der Waals surface area (Å²) >= 11 is 0. The lowest BCUT2D eigenvalue weighted by molar-refractivity contribution is -0.120. The van der Waals surface area contributed by atoms with Crippen LogP contribution in [0.5, 0.6) is 11.5 Å². The Kier molecular flexibility index (Phi) is 5.22. The summed E-state index contributed by atoms with van der Waals surface area (Å²) < 4.78 is 7.79. The SMILES string of the molecule is O=C(Nc1ccc(Oc2ccccc2)cc1)C1CCN(c2nnc3ccccn23)CC1. The molecule has 7 heteroatoms. The highest BCUT2D eigenvalue weighted by molar-refractivity contribution is 5.92. The molecule has 0 radical (unpaired) electrons. The maximum Gasteiger partial charge on any atom is 0.231 e. The number of fused-ring (bicyclic) bond motifs is 1. The van der Waals surface area contributed by atoms with E-state index in [0.29, 0.717) is 0 Å². The lowest BCUT2D eigenvalue weighted by atomic mass is 9.96. The van der Waals surface area contributed by atoms with Gasteiger partial charge in [0.2, 0.25) is 11.9 Å². The van der Waals surface area contributed by atoms with Gasteiger partial charge < -0.3 is 15.0 Å². The number of nitrogens with one attached hydrogen (secondary N) is 1. The van der Waals surface area contributed by atoms with Crippen LogP contribution >= 0.6 is 0 Å². The number of carbonyl (C=O) groups is 1. The second kappa shape index (κ2) is 8.47. The largest absolute Gasteiger partial charge is 0.457 e. The summed E-state index contributed by atoms with van der Waals surface area (Å²) in [6.45, 7) is 1.55. The number of piperidine rings is 1. The van der Waals surface area contributed by atoms with Crippen molar-refractivity contribution in [2.75, 3.05) is 23.3 Å². The molecule has 2 aromatic carbocycles. The van der Waals surface area contributed by atoms with E-state index < -0.39 is 0 Å². The smallest absolute Gasteiger partial charge is 0.231 e. The third-order valence-electron chi connectivity index (χ3n) is 5.55. The number of rotatable bonds is 5. The van der Waals surface area contributed by atoms with Gasteiger partial charge in [0.05, 0.1) is 0 Å². The predicted molar refractivity (Wildman–Crippen MR) is 120 cm³/mol. The number of pyridine rings is 1. The molecule has 3 heterocycles. The van der Waals surface area contributed by atoms with Crippen molar-refractivity contribution in [3.8, 4) is 11.5 Å². The summed E-state index contributed by atoms with van der Waals surface area (Å²) in [4.78, 5) is 14.9. The van der Waals surface area contributed by atoms with Crippen molar-refractivity contribution >= 4 is 23.2 Å². The molecule has 0 unspecified atom stereocenters. The maximum atomic E-state index is 12.8. The second-order valence-electron chi connectivity index (χ2n) is 7.62. The van der Waals surface area contributed by atoms with Crippen LogP contribution in [0, 0.1) is 5.92 Å². The van der Waals surface area contributed by atoms with Crippen LogP contribution in [-0.2, 0) is 4.79 Å². The third kappa shape index (κ3) is 4.21. The van der Waals surface area contributed by atoms with Gasteiger partial charge in [0.1, 0.15) is 11.5 Å². The van der Waals surface area contributed by atoms with E-state index in [9.17, 15) is 4.79 Å². The van der Waals surface area contributed by atoms with Crippen molar-refractivity contribution < 1.29 is 9.53 Å². The number of amides is 1. The Morgan fingerprint density at radius 3 is 2.35 bits per heavy atom. The molecule has 7 nitrogen and oxygen atoms in total. The summed E-state index contributed by atoms with van der Waals surface area (Å²) in [5, 5.41) is 11.6. The van der Waals surface area contributed by atoms with Crippen molar-refractivity contribution in [3.63, 3.8) is 0 Å². The average molecular weight is 413 g/mol. The van der Waals surface area contributed by atoms with Gasteiger partial charge in [-0.2, -0.15) is 0 Å². The second-order valence-corrected chi connectivity index (χ2v) is 7.62. The van der Waals surface area contributed by atoms with Crippen molar-refractivity contribution in [3.05, 3.63) is 79.0 Å². The molecule has 1 fully saturated rings. The molecule has 1 amide bonds. The fourth-order valence-electron chi connectivity index (χ4n) is 3.86. The topological polar surface area (TPSA) is 71.8 Å². The predicted octanol–water partition coefficient (Wildman–Crippen LogP) is 4.38. The molecule has 31 heavy (non-hydrogen) atoms. The number of nitrogens with zero attached hydrogens (tertiary/aromatic N) is 4. The van der Waals surface area contributed by atoms with Crippen molar-refractivity contribution in [1.29, 1.82) is 0 Å². The van der Waals surface area contributed by atoms with E-state index in [-0.39, 0.29) is 11.8 Å². The van der Waals surface area contributed by atoms with Crippen LogP contribution in [0.3, 0.4) is 0 Å². The van der Waals surface area contributed by atoms with E-state index in [2.05, 4.69) is 20.4 Å². The van der Waals surface area contributed by atoms with E-state index in [1.807, 2.05) is 83.4 Å². The van der Waals surface area contributed by atoms with Crippen LogP contribution < -0.4 is 15.0 Å². The van der Waals surface area contributed by atoms with Crippen LogP contribution in [0.1, 0.15) is 12.8 Å². The first-order chi connectivity index (χ1) is 15.3. The molecular formula is C24H23N5O2. The molecular weight excluding hydrogens is 390 g/mol. The fourth-order valence-corrected chi connectivity index (χ4v) is 3.86. The van der Waals surface area contributed by atoms with Gasteiger partial charge in [0, 0.05) is 30.9 Å². The van der Waals surface area contributed by atoms with Gasteiger partial charge in [-0.15, -0.1) is 10.2 Å². The Morgan fingerprint density at radius 2 is 1.58 bits per heavy atom. The average Bonchev–Trinajstić information content (AvgIpc) is 3.25. The molecule has 1 aliphatic heterocycles. The van der Waals surface area contributed by atoms with E-state index in [1.165, 1.54) is 0 Å². The Hall–Kier alpha value is -3.87. The number of ether oxygens (including phenoxy) is 1. The van der Waals surface area contributed by atoms with Gasteiger partial charge in [-0.05, 0) is 61.4 Å². The highest BCUT2D eigenvalue weighted by Crippen LogP contribution is 2.25. The number of anilines is 2. The lowest BCUT2D eigenvalue weighted by Crippen LogP contribution is -2.39. The van der Waals surface area contributed by atoms with Crippen molar-refractivity contribution in [2.24, 2.45) is 5.92 Å². The molecule has 1 saturated heterocycles. The lowest BCUT2D eigenvalue weighted by Gasteiger charge is -2.31. The quantitative estimate of drug-likeness (QED) is 0.526. The zero-order valence-corrected chi connectivity index (χ0v) is 17.0. The van der Waals surface area contributed by atoms with E-state index in [0.717, 1.165) is 54.7 Å². The van der Waals surface area contributed by atoms with Crippen molar-refractivity contribution in [2.45, 2.75) is 12.8 Å². The first-order valence-corrected chi connectivity index (χ1v) is 10.4. The van der Waals surface area contributed by atoms with Gasteiger partial charge in [-0.25, -0.2) is 0 Å². The molecule has 0 aliphatic carbocycles. The number of para-hydroxylation sites is 1. The van der Waals surface area contributed by atoms with Gasteiger partial charge in [0.25, 0.3) is 0 Å². The zero-order chi connectivity index (χ0) is 21.0. The Bertz CT molecular complexity index is 1170. The fraction of sp³-hybridized carbons (Fsp3) is 0.208. The van der Waals surface area contributed by atoms with Gasteiger partial charge in [0.15, 0.2) is 5.65 Å². The third-order valence-corrected chi connectivity index (χ3v) is 5.55. The summed E-state index contributed by atoms with van der Waals surface area (Å²) in [7, 11) is 0. The maximum absolute atomic E-state index is 12.8. The van der Waals surface area contributed by atoms with Crippen molar-refractivity contribution in [1.82, 2.24) is 14.6 Å². The monoisotopic (exact) mass is 413 g/mol. The number of carbonyl (C=O) groups excluding carboxylic acids is 1. The van der Waals surface area contributed by atoms with Crippen LogP contribution in [-0.4, -0.2) is 33.6 Å². The zero-order valence-electron chi connectivity index (χ0n) is 17.0. The molecule has 156 valence electrons. The Labute approximate surface area is 180 Å². The number of benzene rings is 2. The standard InChI is InChI=1S/C24H23N5O2/c30-23(25-19-9-11-21(12-10-19)31-20-6-2-1-3-7-20)18-13-16-28(17-14-18)24-27-26-22-8-4-5-15-29(22)24/h1-12,15,18H,13-14,16-17H2,(H,25,30). The van der Waals surface area contributed by atoms with Gasteiger partial charge in [-0.3, -0.25) is 9.20 Å². The van der Waals surface area contributed by atoms with E-state index in [1.54, 1.807) is 0 Å². The van der Waals surface area contributed by atoms with Crippen LogP contribution in [0.4, 0.5) is 11.6 Å². The minimum absolute atomic E-state index is 0.0179. The highest BCUT2D eigenvalue weighted by atomic mass is 16.5. The van der Waals surface area contributed by atoms with Crippen LogP contribution in [0.15, 0.2) is 79.0 Å². The molecule has 4 aromatic rings. The molecule has 1 N–H and O–H groups in total. The summed E-state index contributed by atoms with van der Waals surface area (Å²) in [5.41, 5.74) is 1.60.